The van der Waals surface area contributed by atoms with Crippen molar-refractivity contribution >= 4 is 29.1 Å². The summed E-state index contributed by atoms with van der Waals surface area (Å²) >= 11 is 12.0. The fourth-order valence-corrected chi connectivity index (χ4v) is 3.03. The Labute approximate surface area is 150 Å². The summed E-state index contributed by atoms with van der Waals surface area (Å²) in [6.45, 7) is 1.44. The van der Waals surface area contributed by atoms with Gasteiger partial charge in [-0.25, -0.2) is 0 Å². The number of carbonyl (C=O) groups is 1. The SMILES string of the molecule is O=C(Cc1ccccc1O)N1CCOC(c2ccc(Cl)c(Cl)c2)C1. The molecule has 2 aromatic carbocycles. The summed E-state index contributed by atoms with van der Waals surface area (Å²) in [5, 5.41) is 10.8. The van der Waals surface area contributed by atoms with E-state index in [1.807, 2.05) is 6.07 Å². The van der Waals surface area contributed by atoms with E-state index in [1.165, 1.54) is 0 Å². The largest absolute Gasteiger partial charge is 0.508 e. The predicted molar refractivity (Wildman–Crippen MR) is 93.5 cm³/mol. The quantitative estimate of drug-likeness (QED) is 0.898. The highest BCUT2D eigenvalue weighted by Gasteiger charge is 2.26. The van der Waals surface area contributed by atoms with Crippen LogP contribution in [0.2, 0.25) is 10.0 Å². The maximum absolute atomic E-state index is 12.5. The average molecular weight is 366 g/mol. The molecule has 1 amide bonds. The maximum atomic E-state index is 12.5. The zero-order chi connectivity index (χ0) is 17.1. The molecule has 126 valence electrons. The Hall–Kier alpha value is -1.75. The number of ether oxygens (including phenoxy) is 1. The molecular formula is C18H17Cl2NO3. The molecule has 1 aliphatic heterocycles. The van der Waals surface area contributed by atoms with Crippen LogP contribution in [0.15, 0.2) is 42.5 Å². The lowest BCUT2D eigenvalue weighted by Crippen LogP contribution is -2.43. The Kier molecular flexibility index (Phi) is 5.29. The van der Waals surface area contributed by atoms with Crippen molar-refractivity contribution in [2.24, 2.45) is 0 Å². The summed E-state index contributed by atoms with van der Waals surface area (Å²) in [6, 6.07) is 12.2. The number of phenolic OH excluding ortho intramolecular Hbond substituents is 1. The minimum Gasteiger partial charge on any atom is -0.508 e. The number of morpholine rings is 1. The number of para-hydroxylation sites is 1. The van der Waals surface area contributed by atoms with E-state index in [0.29, 0.717) is 35.3 Å². The first kappa shape index (κ1) is 17.1. The Bertz CT molecular complexity index is 751. The van der Waals surface area contributed by atoms with Gasteiger partial charge in [0.25, 0.3) is 0 Å². The van der Waals surface area contributed by atoms with Gasteiger partial charge in [0.1, 0.15) is 11.9 Å². The maximum Gasteiger partial charge on any atom is 0.227 e. The average Bonchev–Trinajstić information content (AvgIpc) is 2.59. The van der Waals surface area contributed by atoms with Gasteiger partial charge in [-0.1, -0.05) is 47.5 Å². The van der Waals surface area contributed by atoms with Crippen molar-refractivity contribution in [3.05, 3.63) is 63.6 Å². The minimum absolute atomic E-state index is 0.0372. The van der Waals surface area contributed by atoms with Gasteiger partial charge in [0, 0.05) is 12.1 Å². The fourth-order valence-electron chi connectivity index (χ4n) is 2.73. The third kappa shape index (κ3) is 3.83. The van der Waals surface area contributed by atoms with Crippen LogP contribution in [0.3, 0.4) is 0 Å². The van der Waals surface area contributed by atoms with Gasteiger partial charge in [0.05, 0.1) is 29.6 Å². The van der Waals surface area contributed by atoms with Crippen LogP contribution in [0.25, 0.3) is 0 Å². The van der Waals surface area contributed by atoms with Crippen LogP contribution in [0, 0.1) is 0 Å². The molecule has 6 heteroatoms. The third-order valence-corrected chi connectivity index (χ3v) is 4.81. The molecule has 1 fully saturated rings. The molecule has 24 heavy (non-hydrogen) atoms. The van der Waals surface area contributed by atoms with E-state index in [2.05, 4.69) is 0 Å². The first-order valence-electron chi connectivity index (χ1n) is 7.66. The van der Waals surface area contributed by atoms with Crippen molar-refractivity contribution in [3.8, 4) is 5.75 Å². The number of carbonyl (C=O) groups excluding carboxylic acids is 1. The van der Waals surface area contributed by atoms with Crippen LogP contribution in [0.5, 0.6) is 5.75 Å². The van der Waals surface area contributed by atoms with Crippen LogP contribution in [0.4, 0.5) is 0 Å². The molecule has 4 nitrogen and oxygen atoms in total. The van der Waals surface area contributed by atoms with Crippen molar-refractivity contribution in [3.63, 3.8) is 0 Å². The van der Waals surface area contributed by atoms with E-state index in [4.69, 9.17) is 27.9 Å². The second-order valence-electron chi connectivity index (χ2n) is 5.68. The van der Waals surface area contributed by atoms with E-state index in [9.17, 15) is 9.90 Å². The standard InChI is InChI=1S/C18H17Cl2NO3/c19-14-6-5-13(9-15(14)20)17-11-21(7-8-24-17)18(23)10-12-3-1-2-4-16(12)22/h1-6,9,17,22H,7-8,10-11H2. The number of hydrogen-bond donors (Lipinski definition) is 1. The Morgan fingerprint density at radius 3 is 2.75 bits per heavy atom. The second kappa shape index (κ2) is 7.43. The number of hydrogen-bond acceptors (Lipinski definition) is 3. The van der Waals surface area contributed by atoms with Gasteiger partial charge in [-0.3, -0.25) is 4.79 Å². The zero-order valence-corrected chi connectivity index (χ0v) is 14.4. The molecule has 1 heterocycles. The van der Waals surface area contributed by atoms with Crippen molar-refractivity contribution in [1.82, 2.24) is 4.90 Å². The lowest BCUT2D eigenvalue weighted by Gasteiger charge is -2.33. The molecule has 1 N–H and O–H groups in total. The number of rotatable bonds is 3. The normalized spacial score (nSPS) is 17.8. The van der Waals surface area contributed by atoms with Crippen LogP contribution in [-0.4, -0.2) is 35.6 Å². The smallest absolute Gasteiger partial charge is 0.227 e. The van der Waals surface area contributed by atoms with Crippen LogP contribution >= 0.6 is 23.2 Å². The van der Waals surface area contributed by atoms with E-state index in [0.717, 1.165) is 5.56 Å². The molecule has 0 aliphatic carbocycles. The summed E-state index contributed by atoms with van der Waals surface area (Å²) in [4.78, 5) is 14.3. The molecule has 1 atom stereocenters. The van der Waals surface area contributed by atoms with E-state index < -0.39 is 0 Å². The number of amides is 1. The first-order chi connectivity index (χ1) is 11.5. The summed E-state index contributed by atoms with van der Waals surface area (Å²) in [6.07, 6.45) is -0.0670. The highest BCUT2D eigenvalue weighted by atomic mass is 35.5. The minimum atomic E-state index is -0.234. The van der Waals surface area contributed by atoms with Gasteiger partial charge in [0.2, 0.25) is 5.91 Å². The lowest BCUT2D eigenvalue weighted by atomic mass is 10.1. The summed E-state index contributed by atoms with van der Waals surface area (Å²) in [5.41, 5.74) is 1.52. The van der Waals surface area contributed by atoms with Gasteiger partial charge >= 0.3 is 0 Å². The summed E-state index contributed by atoms with van der Waals surface area (Å²) < 4.78 is 5.77. The molecule has 1 unspecified atom stereocenters. The first-order valence-corrected chi connectivity index (χ1v) is 8.41. The molecule has 0 bridgehead atoms. The Balaban J connectivity index is 1.69. The molecule has 1 aliphatic rings. The molecule has 0 radical (unpaired) electrons. The van der Waals surface area contributed by atoms with Gasteiger partial charge in [-0.15, -0.1) is 0 Å². The van der Waals surface area contributed by atoms with Crippen molar-refractivity contribution in [2.75, 3.05) is 19.7 Å². The zero-order valence-electron chi connectivity index (χ0n) is 12.9. The predicted octanol–water partition coefficient (Wildman–Crippen LogP) is 3.84. The van der Waals surface area contributed by atoms with Crippen LogP contribution in [-0.2, 0) is 16.0 Å². The van der Waals surface area contributed by atoms with Crippen LogP contribution in [0.1, 0.15) is 17.2 Å². The molecule has 0 aromatic heterocycles. The van der Waals surface area contributed by atoms with Gasteiger partial charge in [0.15, 0.2) is 0 Å². The molecule has 0 spiro atoms. The molecule has 3 rings (SSSR count). The van der Waals surface area contributed by atoms with E-state index in [-0.39, 0.29) is 24.2 Å². The third-order valence-electron chi connectivity index (χ3n) is 4.07. The molecule has 0 saturated carbocycles. The van der Waals surface area contributed by atoms with E-state index >= 15 is 0 Å². The van der Waals surface area contributed by atoms with Gasteiger partial charge < -0.3 is 14.7 Å². The topological polar surface area (TPSA) is 49.8 Å². The number of aromatic hydroxyl groups is 1. The van der Waals surface area contributed by atoms with Crippen molar-refractivity contribution in [2.45, 2.75) is 12.5 Å². The summed E-state index contributed by atoms with van der Waals surface area (Å²) in [7, 11) is 0. The Morgan fingerprint density at radius 1 is 1.21 bits per heavy atom. The van der Waals surface area contributed by atoms with Crippen molar-refractivity contribution in [1.29, 1.82) is 0 Å². The highest BCUT2D eigenvalue weighted by molar-refractivity contribution is 6.42. The number of benzene rings is 2. The fraction of sp³-hybridized carbons (Fsp3) is 0.278. The monoisotopic (exact) mass is 365 g/mol. The molecule has 1 saturated heterocycles. The Morgan fingerprint density at radius 2 is 2.00 bits per heavy atom. The van der Waals surface area contributed by atoms with Gasteiger partial charge in [-0.05, 0) is 23.8 Å². The summed E-state index contributed by atoms with van der Waals surface area (Å²) in [5.74, 6) is 0.102. The highest BCUT2D eigenvalue weighted by Crippen LogP contribution is 2.29. The second-order valence-corrected chi connectivity index (χ2v) is 6.49. The molecular weight excluding hydrogens is 349 g/mol. The van der Waals surface area contributed by atoms with Crippen molar-refractivity contribution < 1.29 is 14.6 Å². The number of halogens is 2. The number of phenols is 1. The number of nitrogens with zero attached hydrogens (tertiary/aromatic N) is 1. The van der Waals surface area contributed by atoms with Crippen LogP contribution < -0.4 is 0 Å². The van der Waals surface area contributed by atoms with Gasteiger partial charge in [-0.2, -0.15) is 0 Å². The molecule has 2 aromatic rings. The lowest BCUT2D eigenvalue weighted by molar-refractivity contribution is -0.138. The van der Waals surface area contributed by atoms with E-state index in [1.54, 1.807) is 41.3 Å².